The van der Waals surface area contributed by atoms with Gasteiger partial charge in [-0.05, 0) is 48.5 Å². The van der Waals surface area contributed by atoms with Gasteiger partial charge in [-0.3, -0.25) is 14.2 Å². The highest BCUT2D eigenvalue weighted by atomic mass is 16.4. The average molecular weight is 480 g/mol. The first-order chi connectivity index (χ1) is 17.4. The smallest absolute Gasteiger partial charge is 0.341 e. The third-order valence-corrected chi connectivity index (χ3v) is 5.86. The summed E-state index contributed by atoms with van der Waals surface area (Å²) in [6.07, 6.45) is 0. The van der Waals surface area contributed by atoms with Crippen LogP contribution < -0.4 is 22.1 Å². The molecule has 5 aromatic rings. The third-order valence-electron chi connectivity index (χ3n) is 5.86. The van der Waals surface area contributed by atoms with Gasteiger partial charge < -0.3 is 10.4 Å². The van der Waals surface area contributed by atoms with Gasteiger partial charge >= 0.3 is 11.7 Å². The molecule has 2 N–H and O–H groups in total. The van der Waals surface area contributed by atoms with Crippen LogP contribution in [0.5, 0.6) is 0 Å². The highest BCUT2D eigenvalue weighted by Gasteiger charge is 2.21. The second-order valence-electron chi connectivity index (χ2n) is 8.09. The topological polar surface area (TPSA) is 115 Å². The molecule has 178 valence electrons. The number of rotatable bonds is 5. The number of nitrogens with zero attached hydrogens (tertiary/aromatic N) is 3. The lowest BCUT2D eigenvalue weighted by molar-refractivity contribution is 0.0697. The Hall–Kier alpha value is -5.18. The number of hydrogen-bond donors (Lipinski definition) is 2. The number of aromatic nitrogens is 3. The molecule has 9 heteroatoms. The van der Waals surface area contributed by atoms with Crippen molar-refractivity contribution < 1.29 is 9.90 Å². The molecule has 0 saturated heterocycles. The minimum Gasteiger partial charge on any atom is -0.478 e. The Labute approximate surface area is 203 Å². The maximum Gasteiger partial charge on any atom is 0.341 e. The second-order valence-corrected chi connectivity index (χ2v) is 8.09. The molecule has 0 aliphatic rings. The standard InChI is InChI=1S/C27H20N4O5/c1-29-22(32)16-21(28-18-14-12-17(13-15-18)26(34)35)23-24(29)30(19-8-4-2-5-9-19)27(36)31(25(23)33)20-10-6-3-7-11-20/h2-16,28H,1H3,(H,34,35). The van der Waals surface area contributed by atoms with Crippen molar-refractivity contribution in [2.75, 3.05) is 5.32 Å². The number of carboxylic acids is 1. The fourth-order valence-electron chi connectivity index (χ4n) is 4.11. The summed E-state index contributed by atoms with van der Waals surface area (Å²) < 4.78 is 3.67. The summed E-state index contributed by atoms with van der Waals surface area (Å²) in [5.74, 6) is -1.07. The van der Waals surface area contributed by atoms with Crippen LogP contribution in [0.2, 0.25) is 0 Å². The van der Waals surface area contributed by atoms with E-state index < -0.39 is 22.8 Å². The Balaban J connectivity index is 1.89. The normalized spacial score (nSPS) is 10.9. The van der Waals surface area contributed by atoms with Gasteiger partial charge in [0.15, 0.2) is 0 Å². The molecule has 2 heterocycles. The second kappa shape index (κ2) is 8.88. The van der Waals surface area contributed by atoms with Crippen molar-refractivity contribution in [3.8, 4) is 11.4 Å². The number of pyridine rings is 1. The van der Waals surface area contributed by atoms with Crippen molar-refractivity contribution in [1.82, 2.24) is 13.7 Å². The van der Waals surface area contributed by atoms with Gasteiger partial charge in [-0.2, -0.15) is 0 Å². The maximum absolute atomic E-state index is 13.9. The van der Waals surface area contributed by atoms with Crippen molar-refractivity contribution in [3.05, 3.63) is 128 Å². The van der Waals surface area contributed by atoms with Gasteiger partial charge in [-0.1, -0.05) is 36.4 Å². The fraction of sp³-hybridized carbons (Fsp3) is 0.0370. The summed E-state index contributed by atoms with van der Waals surface area (Å²) in [5.41, 5.74) is 0.0805. The summed E-state index contributed by atoms with van der Waals surface area (Å²) in [7, 11) is 1.50. The maximum atomic E-state index is 13.9. The first kappa shape index (κ1) is 22.6. The monoisotopic (exact) mass is 480 g/mol. The Kier molecular flexibility index (Phi) is 5.57. The largest absolute Gasteiger partial charge is 0.478 e. The highest BCUT2D eigenvalue weighted by molar-refractivity contribution is 5.92. The molecular weight excluding hydrogens is 460 g/mol. The van der Waals surface area contributed by atoms with E-state index in [0.29, 0.717) is 17.1 Å². The molecule has 3 aromatic carbocycles. The summed E-state index contributed by atoms with van der Waals surface area (Å²) in [5, 5.41) is 12.4. The van der Waals surface area contributed by atoms with E-state index in [2.05, 4.69) is 5.32 Å². The number of anilines is 2. The summed E-state index contributed by atoms with van der Waals surface area (Å²) in [4.78, 5) is 51.8. The van der Waals surface area contributed by atoms with Gasteiger partial charge in [-0.15, -0.1) is 0 Å². The van der Waals surface area contributed by atoms with Crippen LogP contribution >= 0.6 is 0 Å². The number of aromatic carboxylic acids is 1. The predicted molar refractivity (Wildman–Crippen MR) is 137 cm³/mol. The Bertz CT molecular complexity index is 1790. The van der Waals surface area contributed by atoms with Crippen LogP contribution in [0.3, 0.4) is 0 Å². The van der Waals surface area contributed by atoms with Gasteiger partial charge in [0.2, 0.25) is 0 Å². The zero-order valence-corrected chi connectivity index (χ0v) is 19.1. The van der Waals surface area contributed by atoms with Crippen molar-refractivity contribution in [3.63, 3.8) is 0 Å². The van der Waals surface area contributed by atoms with E-state index in [-0.39, 0.29) is 22.3 Å². The Morgan fingerprint density at radius 2 is 1.33 bits per heavy atom. The molecule has 0 saturated carbocycles. The number of hydrogen-bond acceptors (Lipinski definition) is 5. The molecule has 0 amide bonds. The number of aryl methyl sites for hydroxylation is 1. The van der Waals surface area contributed by atoms with E-state index in [1.54, 1.807) is 60.7 Å². The zero-order chi connectivity index (χ0) is 25.4. The number of fused-ring (bicyclic) bond motifs is 1. The number of para-hydroxylation sites is 2. The molecule has 9 nitrogen and oxygen atoms in total. The molecule has 0 unspecified atom stereocenters. The summed E-state index contributed by atoms with van der Waals surface area (Å²) in [6.45, 7) is 0. The number of benzene rings is 3. The average Bonchev–Trinajstić information content (AvgIpc) is 2.88. The number of carbonyl (C=O) groups is 1. The zero-order valence-electron chi connectivity index (χ0n) is 19.1. The van der Waals surface area contributed by atoms with Gasteiger partial charge in [0, 0.05) is 18.8 Å². The van der Waals surface area contributed by atoms with E-state index in [1.165, 1.54) is 46.5 Å². The molecule has 0 spiro atoms. The minimum absolute atomic E-state index is 0.0960. The van der Waals surface area contributed by atoms with Crippen LogP contribution in [0, 0.1) is 0 Å². The lowest BCUT2D eigenvalue weighted by Gasteiger charge is -2.19. The fourth-order valence-corrected chi connectivity index (χ4v) is 4.11. The van der Waals surface area contributed by atoms with Gasteiger partial charge in [0.1, 0.15) is 11.0 Å². The van der Waals surface area contributed by atoms with Crippen molar-refractivity contribution in [1.29, 1.82) is 0 Å². The number of nitrogens with one attached hydrogen (secondary N) is 1. The van der Waals surface area contributed by atoms with Crippen LogP contribution in [0.25, 0.3) is 22.4 Å². The molecule has 2 aromatic heterocycles. The molecule has 0 fully saturated rings. The highest BCUT2D eigenvalue weighted by Crippen LogP contribution is 2.24. The Morgan fingerprint density at radius 1 is 0.778 bits per heavy atom. The summed E-state index contributed by atoms with van der Waals surface area (Å²) in [6, 6.07) is 24.5. The first-order valence-electron chi connectivity index (χ1n) is 11.0. The first-order valence-corrected chi connectivity index (χ1v) is 11.0. The van der Waals surface area contributed by atoms with Gasteiger partial charge in [-0.25, -0.2) is 18.7 Å². The summed E-state index contributed by atoms with van der Waals surface area (Å²) >= 11 is 0. The van der Waals surface area contributed by atoms with E-state index in [9.17, 15) is 24.3 Å². The third kappa shape index (κ3) is 3.78. The van der Waals surface area contributed by atoms with Gasteiger partial charge in [0.25, 0.3) is 11.1 Å². The van der Waals surface area contributed by atoms with Gasteiger partial charge in [0.05, 0.1) is 22.6 Å². The van der Waals surface area contributed by atoms with Crippen molar-refractivity contribution >= 4 is 28.4 Å². The van der Waals surface area contributed by atoms with E-state index in [1.807, 2.05) is 0 Å². The SMILES string of the molecule is Cn1c(=O)cc(Nc2ccc(C(=O)O)cc2)c2c(=O)n(-c3ccccc3)c(=O)n(-c3ccccc3)c21. The molecule has 0 bridgehead atoms. The molecule has 0 aliphatic carbocycles. The molecule has 36 heavy (non-hydrogen) atoms. The van der Waals surface area contributed by atoms with Crippen LogP contribution in [0.15, 0.2) is 105 Å². The van der Waals surface area contributed by atoms with E-state index in [4.69, 9.17) is 0 Å². The van der Waals surface area contributed by atoms with Crippen LogP contribution in [0.4, 0.5) is 11.4 Å². The van der Waals surface area contributed by atoms with E-state index in [0.717, 1.165) is 4.57 Å². The molecule has 0 atom stereocenters. The lowest BCUT2D eigenvalue weighted by Crippen LogP contribution is -2.40. The minimum atomic E-state index is -1.07. The van der Waals surface area contributed by atoms with Crippen molar-refractivity contribution in [2.45, 2.75) is 0 Å². The quantitative estimate of drug-likeness (QED) is 0.399. The predicted octanol–water partition coefficient (Wildman–Crippen LogP) is 3.28. The van der Waals surface area contributed by atoms with Crippen molar-refractivity contribution in [2.24, 2.45) is 7.05 Å². The lowest BCUT2D eigenvalue weighted by atomic mass is 10.2. The molecular formula is C27H20N4O5. The number of carboxylic acid groups (broad SMARTS) is 1. The molecule has 0 aliphatic heterocycles. The van der Waals surface area contributed by atoms with Crippen LogP contribution in [-0.4, -0.2) is 24.8 Å². The molecule has 5 rings (SSSR count). The van der Waals surface area contributed by atoms with Crippen LogP contribution in [0.1, 0.15) is 10.4 Å². The Morgan fingerprint density at radius 3 is 1.89 bits per heavy atom. The van der Waals surface area contributed by atoms with E-state index >= 15 is 0 Å². The van der Waals surface area contributed by atoms with Crippen LogP contribution in [-0.2, 0) is 7.05 Å². The molecule has 0 radical (unpaired) electrons.